The van der Waals surface area contributed by atoms with E-state index in [1.54, 1.807) is 17.0 Å². The summed E-state index contributed by atoms with van der Waals surface area (Å²) in [5, 5.41) is 0.617. The van der Waals surface area contributed by atoms with E-state index in [0.717, 1.165) is 4.90 Å². The molecule has 4 N–H and O–H groups in total. The molecule has 0 aliphatic heterocycles. The third kappa shape index (κ3) is 3.64. The van der Waals surface area contributed by atoms with Crippen molar-refractivity contribution >= 4 is 40.9 Å². The molecular formula is C12H15ClN6S. The van der Waals surface area contributed by atoms with Crippen molar-refractivity contribution in [2.75, 3.05) is 30.5 Å². The summed E-state index contributed by atoms with van der Waals surface area (Å²) in [6.07, 6.45) is 0. The van der Waals surface area contributed by atoms with Crippen LogP contribution in [0, 0.1) is 0 Å². The first-order valence-electron chi connectivity index (χ1n) is 5.81. The van der Waals surface area contributed by atoms with E-state index in [0.29, 0.717) is 28.2 Å². The Bertz CT molecular complexity index is 619. The maximum atomic E-state index is 5.90. The van der Waals surface area contributed by atoms with Gasteiger partial charge in [0.25, 0.3) is 0 Å². The highest BCUT2D eigenvalue weighted by Crippen LogP contribution is 2.29. The zero-order valence-electron chi connectivity index (χ0n) is 11.2. The summed E-state index contributed by atoms with van der Waals surface area (Å²) in [5.74, 6) is 1.92. The monoisotopic (exact) mass is 310 g/mol. The highest BCUT2D eigenvalue weighted by molar-refractivity contribution is 7.98. The van der Waals surface area contributed by atoms with Crippen LogP contribution in [-0.4, -0.2) is 29.0 Å². The van der Waals surface area contributed by atoms with E-state index >= 15 is 0 Å². The van der Waals surface area contributed by atoms with Gasteiger partial charge in [0.15, 0.2) is 0 Å². The highest BCUT2D eigenvalue weighted by Gasteiger charge is 2.08. The molecule has 0 aliphatic carbocycles. The molecule has 0 atom stereocenters. The fourth-order valence-electron chi connectivity index (χ4n) is 1.48. The number of nitrogen functional groups attached to an aromatic ring is 2. The predicted molar refractivity (Wildman–Crippen MR) is 84.0 cm³/mol. The fourth-order valence-corrected chi connectivity index (χ4v) is 2.47. The molecule has 0 unspecified atom stereocenters. The maximum Gasteiger partial charge on any atom is 0.229 e. The second-order valence-corrected chi connectivity index (χ2v) is 5.73. The second-order valence-electron chi connectivity index (χ2n) is 4.28. The third-order valence-electron chi connectivity index (χ3n) is 2.42. The van der Waals surface area contributed by atoms with Gasteiger partial charge in [0.1, 0.15) is 5.82 Å². The average molecular weight is 311 g/mol. The van der Waals surface area contributed by atoms with Crippen LogP contribution in [0.2, 0.25) is 5.02 Å². The Morgan fingerprint density at radius 3 is 2.60 bits per heavy atom. The number of rotatable bonds is 4. The molecule has 106 valence electrons. The van der Waals surface area contributed by atoms with Gasteiger partial charge in [-0.25, -0.2) is 0 Å². The van der Waals surface area contributed by atoms with Gasteiger partial charge in [-0.1, -0.05) is 11.6 Å². The number of benzene rings is 1. The van der Waals surface area contributed by atoms with E-state index < -0.39 is 0 Å². The van der Waals surface area contributed by atoms with Gasteiger partial charge in [-0.05, 0) is 18.2 Å². The van der Waals surface area contributed by atoms with Gasteiger partial charge in [0, 0.05) is 29.7 Å². The molecule has 0 bridgehead atoms. The van der Waals surface area contributed by atoms with Crippen LogP contribution in [-0.2, 0) is 5.75 Å². The Balaban J connectivity index is 2.14. The van der Waals surface area contributed by atoms with Crippen molar-refractivity contribution in [3.8, 4) is 0 Å². The zero-order valence-corrected chi connectivity index (χ0v) is 12.7. The van der Waals surface area contributed by atoms with Gasteiger partial charge in [-0.15, -0.1) is 11.8 Å². The zero-order chi connectivity index (χ0) is 14.7. The van der Waals surface area contributed by atoms with Crippen molar-refractivity contribution in [3.63, 3.8) is 0 Å². The molecule has 1 heterocycles. The maximum absolute atomic E-state index is 5.90. The molecule has 6 nitrogen and oxygen atoms in total. The minimum Gasteiger partial charge on any atom is -0.398 e. The van der Waals surface area contributed by atoms with Crippen LogP contribution in [0.5, 0.6) is 0 Å². The van der Waals surface area contributed by atoms with Crippen LogP contribution >= 0.6 is 23.4 Å². The van der Waals surface area contributed by atoms with E-state index in [4.69, 9.17) is 23.1 Å². The minimum atomic E-state index is 0.211. The summed E-state index contributed by atoms with van der Waals surface area (Å²) in [4.78, 5) is 15.2. The van der Waals surface area contributed by atoms with Crippen molar-refractivity contribution < 1.29 is 0 Å². The van der Waals surface area contributed by atoms with Crippen LogP contribution in [0.1, 0.15) is 5.82 Å². The second kappa shape index (κ2) is 6.15. The van der Waals surface area contributed by atoms with Gasteiger partial charge < -0.3 is 16.4 Å². The summed E-state index contributed by atoms with van der Waals surface area (Å²) in [6.45, 7) is 0. The summed E-state index contributed by atoms with van der Waals surface area (Å²) < 4.78 is 0. The minimum absolute atomic E-state index is 0.211. The Kier molecular flexibility index (Phi) is 4.51. The number of thioether (sulfide) groups is 1. The number of halogens is 1. The van der Waals surface area contributed by atoms with Gasteiger partial charge in [0.2, 0.25) is 11.9 Å². The first-order valence-corrected chi connectivity index (χ1v) is 7.17. The number of aromatic nitrogens is 3. The largest absolute Gasteiger partial charge is 0.398 e. The molecule has 2 aromatic rings. The quantitative estimate of drug-likeness (QED) is 0.659. The Morgan fingerprint density at radius 2 is 1.95 bits per heavy atom. The molecule has 8 heteroatoms. The van der Waals surface area contributed by atoms with Gasteiger partial charge >= 0.3 is 0 Å². The standard InChI is InChI=1S/C12H15ClN6S/c1-19(2)12-17-10(16-11(15)18-12)6-20-9-4-3-7(13)5-8(9)14/h3-5H,6,14H2,1-2H3,(H2,15,16,17,18). The number of nitrogens with two attached hydrogens (primary N) is 2. The average Bonchev–Trinajstić information content (AvgIpc) is 2.37. The number of anilines is 3. The molecule has 0 fully saturated rings. The topological polar surface area (TPSA) is 94.0 Å². The van der Waals surface area contributed by atoms with Crippen LogP contribution in [0.3, 0.4) is 0 Å². The Morgan fingerprint density at radius 1 is 1.20 bits per heavy atom. The molecule has 1 aromatic heterocycles. The molecule has 2 rings (SSSR count). The SMILES string of the molecule is CN(C)c1nc(N)nc(CSc2ccc(Cl)cc2N)n1. The van der Waals surface area contributed by atoms with Crippen LogP contribution in [0.15, 0.2) is 23.1 Å². The molecule has 0 aliphatic rings. The van der Waals surface area contributed by atoms with Crippen LogP contribution < -0.4 is 16.4 Å². The number of hydrogen-bond acceptors (Lipinski definition) is 7. The van der Waals surface area contributed by atoms with Crippen LogP contribution in [0.25, 0.3) is 0 Å². The van der Waals surface area contributed by atoms with E-state index in [-0.39, 0.29) is 5.95 Å². The van der Waals surface area contributed by atoms with Crippen molar-refractivity contribution in [1.82, 2.24) is 15.0 Å². The Labute approximate surface area is 126 Å². The van der Waals surface area contributed by atoms with E-state index in [9.17, 15) is 0 Å². The fraction of sp³-hybridized carbons (Fsp3) is 0.250. The van der Waals surface area contributed by atoms with E-state index in [2.05, 4.69) is 15.0 Å². The molecule has 0 radical (unpaired) electrons. The molecular weight excluding hydrogens is 296 g/mol. The molecule has 0 saturated heterocycles. The highest BCUT2D eigenvalue weighted by atomic mass is 35.5. The molecule has 0 saturated carbocycles. The first-order chi connectivity index (χ1) is 9.45. The van der Waals surface area contributed by atoms with Crippen molar-refractivity contribution in [1.29, 1.82) is 0 Å². The predicted octanol–water partition coefficient (Wildman–Crippen LogP) is 2.05. The smallest absolute Gasteiger partial charge is 0.229 e. The number of nitrogens with zero attached hydrogens (tertiary/aromatic N) is 4. The molecule has 0 amide bonds. The van der Waals surface area contributed by atoms with Crippen molar-refractivity contribution in [3.05, 3.63) is 29.0 Å². The third-order valence-corrected chi connectivity index (χ3v) is 3.74. The molecule has 0 spiro atoms. The van der Waals surface area contributed by atoms with E-state index in [1.807, 2.05) is 20.2 Å². The van der Waals surface area contributed by atoms with Gasteiger partial charge in [-0.3, -0.25) is 0 Å². The summed E-state index contributed by atoms with van der Waals surface area (Å²) in [6, 6.07) is 5.39. The lowest BCUT2D eigenvalue weighted by atomic mass is 10.3. The summed E-state index contributed by atoms with van der Waals surface area (Å²) in [7, 11) is 3.70. The lowest BCUT2D eigenvalue weighted by molar-refractivity contribution is 0.919. The van der Waals surface area contributed by atoms with Gasteiger partial charge in [0.05, 0.1) is 5.75 Å². The molecule has 20 heavy (non-hydrogen) atoms. The van der Waals surface area contributed by atoms with E-state index in [1.165, 1.54) is 11.8 Å². The Hall–Kier alpha value is -1.73. The first kappa shape index (κ1) is 14.7. The van der Waals surface area contributed by atoms with Crippen LogP contribution in [0.4, 0.5) is 17.6 Å². The normalized spacial score (nSPS) is 10.6. The summed E-state index contributed by atoms with van der Waals surface area (Å²) in [5.41, 5.74) is 12.2. The van der Waals surface area contributed by atoms with Crippen molar-refractivity contribution in [2.24, 2.45) is 0 Å². The lowest BCUT2D eigenvalue weighted by Crippen LogP contribution is -2.15. The van der Waals surface area contributed by atoms with Crippen molar-refractivity contribution in [2.45, 2.75) is 10.6 Å². The van der Waals surface area contributed by atoms with Gasteiger partial charge in [-0.2, -0.15) is 15.0 Å². The summed E-state index contributed by atoms with van der Waals surface area (Å²) >= 11 is 7.39. The number of hydrogen-bond donors (Lipinski definition) is 2. The lowest BCUT2D eigenvalue weighted by Gasteiger charge is -2.11. The molecule has 1 aromatic carbocycles.